The summed E-state index contributed by atoms with van der Waals surface area (Å²) < 4.78 is 54.4. The summed E-state index contributed by atoms with van der Waals surface area (Å²) >= 11 is 0. The third-order valence-corrected chi connectivity index (χ3v) is 6.56. The molecule has 8 nitrogen and oxygen atoms in total. The van der Waals surface area contributed by atoms with Crippen LogP contribution in [0.4, 0.5) is 23.2 Å². The van der Waals surface area contributed by atoms with Crippen molar-refractivity contribution in [2.45, 2.75) is 50.0 Å². The normalized spacial score (nSPS) is 22.0. The van der Waals surface area contributed by atoms with Gasteiger partial charge in [-0.05, 0) is 43.9 Å². The Morgan fingerprint density at radius 3 is 2.60 bits per heavy atom. The summed E-state index contributed by atoms with van der Waals surface area (Å²) in [6.07, 6.45) is 1.31. The minimum Gasteiger partial charge on any atom is -0.393 e. The molecule has 0 saturated carbocycles. The molecule has 2 bridgehead atoms. The molecule has 35 heavy (non-hydrogen) atoms. The molecule has 3 aromatic rings. The van der Waals surface area contributed by atoms with Crippen molar-refractivity contribution >= 4 is 23.0 Å². The monoisotopic (exact) mass is 490 g/mol. The van der Waals surface area contributed by atoms with Crippen LogP contribution in [-0.2, 0) is 0 Å². The van der Waals surface area contributed by atoms with E-state index in [9.17, 15) is 27.5 Å². The minimum atomic E-state index is -4.54. The Morgan fingerprint density at radius 1 is 1.20 bits per heavy atom. The van der Waals surface area contributed by atoms with Crippen LogP contribution in [0.5, 0.6) is 0 Å². The van der Waals surface area contributed by atoms with Crippen molar-refractivity contribution in [3.8, 4) is 0 Å². The van der Waals surface area contributed by atoms with E-state index in [2.05, 4.69) is 15.3 Å². The first-order valence-electron chi connectivity index (χ1n) is 11.1. The van der Waals surface area contributed by atoms with Gasteiger partial charge in [0.25, 0.3) is 5.91 Å². The molecule has 0 radical (unpaired) electrons. The van der Waals surface area contributed by atoms with E-state index in [1.807, 2.05) is 0 Å². The van der Waals surface area contributed by atoms with Crippen molar-refractivity contribution in [2.24, 2.45) is 0 Å². The van der Waals surface area contributed by atoms with Gasteiger partial charge in [-0.25, -0.2) is 9.37 Å². The first kappa shape index (κ1) is 23.2. The molecule has 1 amide bonds. The van der Waals surface area contributed by atoms with E-state index in [0.717, 1.165) is 12.8 Å². The van der Waals surface area contributed by atoms with Crippen molar-refractivity contribution in [3.05, 3.63) is 59.6 Å². The number of imidazole rings is 1. The molecule has 5 heterocycles. The number of nitrogens with one attached hydrogen (secondary N) is 2. The van der Waals surface area contributed by atoms with Crippen LogP contribution < -0.4 is 5.32 Å². The molecule has 3 aromatic heterocycles. The molecule has 2 atom stereocenters. The highest BCUT2D eigenvalue weighted by Crippen LogP contribution is 2.37. The van der Waals surface area contributed by atoms with Crippen LogP contribution in [0.1, 0.15) is 47.4 Å². The lowest BCUT2D eigenvalue weighted by Crippen LogP contribution is -2.48. The number of halogens is 4. The summed E-state index contributed by atoms with van der Waals surface area (Å²) in [6.45, 7) is -1.38. The van der Waals surface area contributed by atoms with Gasteiger partial charge in [-0.3, -0.25) is 19.6 Å². The van der Waals surface area contributed by atoms with Gasteiger partial charge in [0.05, 0.1) is 23.7 Å². The Labute approximate surface area is 197 Å². The van der Waals surface area contributed by atoms with Gasteiger partial charge in [-0.1, -0.05) is 0 Å². The molecule has 2 unspecified atom stereocenters. The maximum atomic E-state index is 14.0. The fraction of sp³-hybridized carbons (Fsp3) is 0.391. The second-order valence-corrected chi connectivity index (χ2v) is 8.87. The van der Waals surface area contributed by atoms with Crippen molar-refractivity contribution in [3.63, 3.8) is 0 Å². The molecule has 0 spiro atoms. The van der Waals surface area contributed by atoms with Crippen molar-refractivity contribution in [2.75, 3.05) is 11.9 Å². The summed E-state index contributed by atoms with van der Waals surface area (Å²) in [5.41, 5.74) is -0.252. The Balaban J connectivity index is 1.51. The van der Waals surface area contributed by atoms with E-state index >= 15 is 0 Å². The minimum absolute atomic E-state index is 0.00824. The number of piperidine rings is 1. The average molecular weight is 490 g/mol. The number of fused-ring (bicyclic) bond motifs is 3. The molecular weight excluding hydrogens is 468 g/mol. The highest BCUT2D eigenvalue weighted by atomic mass is 19.4. The van der Waals surface area contributed by atoms with Gasteiger partial charge >= 0.3 is 6.18 Å². The Bertz CT molecular complexity index is 1290. The summed E-state index contributed by atoms with van der Waals surface area (Å²) in [6, 6.07) is 3.56. The number of pyridine rings is 2. The number of anilines is 1. The van der Waals surface area contributed by atoms with E-state index in [4.69, 9.17) is 5.41 Å². The molecule has 12 heteroatoms. The lowest BCUT2D eigenvalue weighted by Gasteiger charge is -2.37. The average Bonchev–Trinajstić information content (AvgIpc) is 3.36. The van der Waals surface area contributed by atoms with Crippen LogP contribution in [0.3, 0.4) is 0 Å². The van der Waals surface area contributed by atoms with Crippen LogP contribution in [-0.4, -0.2) is 66.9 Å². The highest BCUT2D eigenvalue weighted by Gasteiger charge is 2.43. The number of carbonyl (C=O) groups is 1. The number of nitrogens with zero attached hydrogens (tertiary/aromatic N) is 4. The molecule has 5 rings (SSSR count). The Morgan fingerprint density at radius 2 is 1.91 bits per heavy atom. The van der Waals surface area contributed by atoms with E-state index in [1.54, 1.807) is 4.90 Å². The number of hydrogen-bond acceptors (Lipinski definition) is 6. The summed E-state index contributed by atoms with van der Waals surface area (Å²) in [7, 11) is 0. The number of aliphatic hydroxyl groups excluding tert-OH is 1. The third-order valence-electron chi connectivity index (χ3n) is 6.56. The van der Waals surface area contributed by atoms with E-state index < -0.39 is 30.5 Å². The second kappa shape index (κ2) is 8.59. The van der Waals surface area contributed by atoms with Crippen LogP contribution >= 0.6 is 0 Å². The molecule has 2 fully saturated rings. The standard InChI is InChI=1S/C23H22F4N6O2/c24-16-2-1-5-32-19(10-30-21(16)32)20(28)15-9-29-18(8-17(15)31-11-23(25,26)27)22(35)33-12-3-4-13(33)7-14(34)6-12/h1-2,5,8-10,12-14,28,34H,3-4,6-7,11H2,(H,29,31). The van der Waals surface area contributed by atoms with Crippen LogP contribution in [0.2, 0.25) is 0 Å². The number of aliphatic hydroxyl groups is 1. The van der Waals surface area contributed by atoms with Gasteiger partial charge in [-0.15, -0.1) is 0 Å². The molecule has 184 valence electrons. The van der Waals surface area contributed by atoms with Gasteiger partial charge in [-0.2, -0.15) is 13.2 Å². The Kier molecular flexibility index (Phi) is 5.70. The quantitative estimate of drug-likeness (QED) is 0.376. The van der Waals surface area contributed by atoms with Crippen molar-refractivity contribution in [1.82, 2.24) is 19.3 Å². The Hall–Kier alpha value is -3.54. The number of hydrogen-bond donors (Lipinski definition) is 3. The molecule has 0 aliphatic carbocycles. The van der Waals surface area contributed by atoms with E-state index in [1.165, 1.54) is 41.2 Å². The zero-order valence-corrected chi connectivity index (χ0v) is 18.4. The lowest BCUT2D eigenvalue weighted by atomic mass is 9.99. The highest BCUT2D eigenvalue weighted by molar-refractivity contribution is 6.13. The molecule has 2 aliphatic rings. The van der Waals surface area contributed by atoms with Gasteiger partial charge in [0.15, 0.2) is 11.5 Å². The molecule has 3 N–H and O–H groups in total. The lowest BCUT2D eigenvalue weighted by molar-refractivity contribution is -0.115. The molecule has 2 aliphatic heterocycles. The second-order valence-electron chi connectivity index (χ2n) is 8.87. The predicted octanol–water partition coefficient (Wildman–Crippen LogP) is 3.39. The largest absolute Gasteiger partial charge is 0.405 e. The molecule has 0 aromatic carbocycles. The van der Waals surface area contributed by atoms with Gasteiger partial charge in [0, 0.05) is 35.7 Å². The van der Waals surface area contributed by atoms with Crippen LogP contribution in [0.25, 0.3) is 5.65 Å². The zero-order valence-electron chi connectivity index (χ0n) is 18.4. The number of aromatic nitrogens is 3. The van der Waals surface area contributed by atoms with Gasteiger partial charge in [0.1, 0.15) is 12.2 Å². The fourth-order valence-corrected chi connectivity index (χ4v) is 5.02. The van der Waals surface area contributed by atoms with Crippen molar-refractivity contribution in [1.29, 1.82) is 5.41 Å². The summed E-state index contributed by atoms with van der Waals surface area (Å²) in [4.78, 5) is 23.1. The van der Waals surface area contributed by atoms with Gasteiger partial charge < -0.3 is 15.3 Å². The third kappa shape index (κ3) is 4.33. The van der Waals surface area contributed by atoms with Crippen LogP contribution in [0.15, 0.2) is 36.8 Å². The topological polar surface area (TPSA) is 107 Å². The van der Waals surface area contributed by atoms with Crippen LogP contribution in [0, 0.1) is 11.2 Å². The first-order valence-corrected chi connectivity index (χ1v) is 11.1. The summed E-state index contributed by atoms with van der Waals surface area (Å²) in [5.74, 6) is -1.03. The predicted molar refractivity (Wildman–Crippen MR) is 118 cm³/mol. The van der Waals surface area contributed by atoms with Crippen molar-refractivity contribution < 1.29 is 27.5 Å². The maximum absolute atomic E-state index is 14.0. The number of amides is 1. The number of carbonyl (C=O) groups excluding carboxylic acids is 1. The first-order chi connectivity index (χ1) is 16.6. The zero-order chi connectivity index (χ0) is 24.9. The molecule has 2 saturated heterocycles. The number of alkyl halides is 3. The SMILES string of the molecule is N=C(c1cnc(C(=O)N2C3CCC2CC(O)C3)cc1NCC(F)(F)F)c1cnc2c(F)cccn12. The van der Waals surface area contributed by atoms with E-state index in [0.29, 0.717) is 12.8 Å². The number of rotatable bonds is 5. The van der Waals surface area contributed by atoms with Gasteiger partial charge in [0.2, 0.25) is 0 Å². The smallest absolute Gasteiger partial charge is 0.393 e. The summed E-state index contributed by atoms with van der Waals surface area (Å²) in [5, 5.41) is 20.9. The van der Waals surface area contributed by atoms with E-state index in [-0.39, 0.29) is 46.1 Å². The molecular formula is C23H22F4N6O2. The maximum Gasteiger partial charge on any atom is 0.405 e. The fourth-order valence-electron chi connectivity index (χ4n) is 5.02.